The average Bonchev–Trinajstić information content (AvgIpc) is 3.26. The van der Waals surface area contributed by atoms with Crippen LogP contribution in [0.25, 0.3) is 0 Å². The molecule has 0 radical (unpaired) electrons. The van der Waals surface area contributed by atoms with Crippen molar-refractivity contribution in [2.75, 3.05) is 10.6 Å². The first kappa shape index (κ1) is 25.3. The molecule has 3 aromatic carbocycles. The lowest BCUT2D eigenvalue weighted by atomic mass is 9.95. The zero-order valence-corrected chi connectivity index (χ0v) is 23.6. The van der Waals surface area contributed by atoms with Gasteiger partial charge in [0.15, 0.2) is 0 Å². The number of benzene rings is 3. The Morgan fingerprint density at radius 3 is 2.57 bits per heavy atom. The molecule has 0 unspecified atom stereocenters. The molecule has 0 aliphatic carbocycles. The van der Waals surface area contributed by atoms with Gasteiger partial charge < -0.3 is 10.6 Å². The van der Waals surface area contributed by atoms with Crippen LogP contribution >= 0.6 is 27.7 Å². The second-order valence-electron chi connectivity index (χ2n) is 9.33. The molecule has 2 N–H and O–H groups in total. The number of amides is 1. The van der Waals surface area contributed by atoms with Crippen LogP contribution in [0.3, 0.4) is 0 Å². The standard InChI is InChI=1S/C29H28BrN5OS/c1-17-7-5-8-21(14-17)16-37-29-33-28-31-20(4)25(27(36)32-24-12-11-18(2)13-19(24)3)26(35(28)34-29)22-9-6-10-23(30)15-22/h5-15,26H,16H2,1-4H3,(H,32,36)(H,31,33,34)/t26-/m1/s1. The third-order valence-corrected chi connectivity index (χ3v) is 7.72. The van der Waals surface area contributed by atoms with Crippen molar-refractivity contribution in [3.63, 3.8) is 0 Å². The molecule has 188 valence electrons. The van der Waals surface area contributed by atoms with E-state index in [0.717, 1.165) is 38.3 Å². The van der Waals surface area contributed by atoms with Crippen molar-refractivity contribution >= 4 is 45.2 Å². The van der Waals surface area contributed by atoms with Crippen molar-refractivity contribution in [1.82, 2.24) is 14.8 Å². The minimum absolute atomic E-state index is 0.169. The minimum atomic E-state index is -0.430. The molecular weight excluding hydrogens is 546 g/mol. The van der Waals surface area contributed by atoms with Gasteiger partial charge in [0.05, 0.1) is 5.57 Å². The molecule has 1 aliphatic rings. The van der Waals surface area contributed by atoms with E-state index < -0.39 is 6.04 Å². The van der Waals surface area contributed by atoms with Crippen LogP contribution in [0.2, 0.25) is 0 Å². The second-order valence-corrected chi connectivity index (χ2v) is 11.2. The third kappa shape index (κ3) is 5.50. The van der Waals surface area contributed by atoms with E-state index in [1.165, 1.54) is 11.1 Å². The van der Waals surface area contributed by atoms with E-state index in [-0.39, 0.29) is 5.91 Å². The van der Waals surface area contributed by atoms with Crippen molar-refractivity contribution in [3.05, 3.63) is 110 Å². The fourth-order valence-electron chi connectivity index (χ4n) is 4.56. The van der Waals surface area contributed by atoms with Gasteiger partial charge in [-0.15, -0.1) is 5.10 Å². The van der Waals surface area contributed by atoms with Gasteiger partial charge in [-0.25, -0.2) is 4.68 Å². The maximum absolute atomic E-state index is 13.8. The van der Waals surface area contributed by atoms with Crippen LogP contribution in [-0.2, 0) is 10.5 Å². The molecule has 37 heavy (non-hydrogen) atoms. The molecule has 0 fully saturated rings. The molecule has 5 rings (SSSR count). The highest BCUT2D eigenvalue weighted by Crippen LogP contribution is 2.38. The summed E-state index contributed by atoms with van der Waals surface area (Å²) >= 11 is 5.17. The van der Waals surface area contributed by atoms with Gasteiger partial charge in [0.25, 0.3) is 5.91 Å². The number of halogens is 1. The van der Waals surface area contributed by atoms with Gasteiger partial charge in [-0.1, -0.05) is 87.3 Å². The van der Waals surface area contributed by atoms with Crippen molar-refractivity contribution < 1.29 is 4.79 Å². The largest absolute Gasteiger partial charge is 0.328 e. The second kappa shape index (κ2) is 10.6. The summed E-state index contributed by atoms with van der Waals surface area (Å²) in [5, 5.41) is 12.0. The molecular formula is C29H28BrN5OS. The number of nitrogens with zero attached hydrogens (tertiary/aromatic N) is 3. The number of aromatic nitrogens is 3. The summed E-state index contributed by atoms with van der Waals surface area (Å²) < 4.78 is 2.76. The molecule has 8 heteroatoms. The summed E-state index contributed by atoms with van der Waals surface area (Å²) in [6.07, 6.45) is 0. The van der Waals surface area contributed by atoms with Crippen LogP contribution in [0.4, 0.5) is 11.6 Å². The van der Waals surface area contributed by atoms with Gasteiger partial charge in [-0.3, -0.25) is 4.79 Å². The van der Waals surface area contributed by atoms with E-state index in [2.05, 4.69) is 63.8 Å². The Kier molecular flexibility index (Phi) is 7.22. The normalized spacial score (nSPS) is 14.8. The van der Waals surface area contributed by atoms with Gasteiger partial charge in [-0.2, -0.15) is 4.98 Å². The quantitative estimate of drug-likeness (QED) is 0.239. The van der Waals surface area contributed by atoms with Gasteiger partial charge in [0.1, 0.15) is 6.04 Å². The van der Waals surface area contributed by atoms with Gasteiger partial charge in [-0.05, 0) is 62.6 Å². The maximum Gasteiger partial charge on any atom is 0.255 e. The van der Waals surface area contributed by atoms with E-state index in [0.29, 0.717) is 16.7 Å². The van der Waals surface area contributed by atoms with E-state index in [1.807, 2.05) is 61.9 Å². The van der Waals surface area contributed by atoms with E-state index in [4.69, 9.17) is 10.1 Å². The van der Waals surface area contributed by atoms with Crippen molar-refractivity contribution in [2.24, 2.45) is 0 Å². The van der Waals surface area contributed by atoms with Crippen molar-refractivity contribution in [1.29, 1.82) is 0 Å². The molecule has 1 amide bonds. The topological polar surface area (TPSA) is 71.8 Å². The zero-order valence-electron chi connectivity index (χ0n) is 21.2. The van der Waals surface area contributed by atoms with Crippen LogP contribution in [0.5, 0.6) is 0 Å². The van der Waals surface area contributed by atoms with Crippen LogP contribution < -0.4 is 10.6 Å². The van der Waals surface area contributed by atoms with Crippen molar-refractivity contribution in [3.8, 4) is 0 Å². The molecule has 1 aromatic heterocycles. The molecule has 0 saturated heterocycles. The first-order chi connectivity index (χ1) is 17.8. The molecule has 1 aliphatic heterocycles. The highest BCUT2D eigenvalue weighted by molar-refractivity contribution is 9.10. The Morgan fingerprint density at radius 2 is 1.81 bits per heavy atom. The van der Waals surface area contributed by atoms with E-state index >= 15 is 0 Å². The Balaban J connectivity index is 1.50. The summed E-state index contributed by atoms with van der Waals surface area (Å²) in [7, 11) is 0. The monoisotopic (exact) mass is 573 g/mol. The lowest BCUT2D eigenvalue weighted by Crippen LogP contribution is -2.31. The predicted molar refractivity (Wildman–Crippen MR) is 154 cm³/mol. The molecule has 0 bridgehead atoms. The molecule has 1 atom stereocenters. The smallest absolute Gasteiger partial charge is 0.255 e. The highest BCUT2D eigenvalue weighted by atomic mass is 79.9. The van der Waals surface area contributed by atoms with Crippen LogP contribution in [0, 0.1) is 20.8 Å². The van der Waals surface area contributed by atoms with Crippen molar-refractivity contribution in [2.45, 2.75) is 44.6 Å². The number of nitrogens with one attached hydrogen (secondary N) is 2. The third-order valence-electron chi connectivity index (χ3n) is 6.32. The Morgan fingerprint density at radius 1 is 1.03 bits per heavy atom. The number of fused-ring (bicyclic) bond motifs is 1. The number of allylic oxidation sites excluding steroid dienone is 1. The zero-order chi connectivity index (χ0) is 26.1. The van der Waals surface area contributed by atoms with Crippen LogP contribution in [-0.4, -0.2) is 20.7 Å². The summed E-state index contributed by atoms with van der Waals surface area (Å²) in [5.41, 5.74) is 7.71. The predicted octanol–water partition coefficient (Wildman–Crippen LogP) is 7.19. The first-order valence-electron chi connectivity index (χ1n) is 12.1. The minimum Gasteiger partial charge on any atom is -0.328 e. The summed E-state index contributed by atoms with van der Waals surface area (Å²) in [6.45, 7) is 8.05. The Labute approximate surface area is 229 Å². The summed E-state index contributed by atoms with van der Waals surface area (Å²) in [6, 6.07) is 22.0. The van der Waals surface area contributed by atoms with E-state index in [9.17, 15) is 4.79 Å². The van der Waals surface area contributed by atoms with Crippen LogP contribution in [0.1, 0.15) is 40.8 Å². The molecule has 0 saturated carbocycles. The average molecular weight is 575 g/mol. The molecule has 4 aromatic rings. The number of thioether (sulfide) groups is 1. The van der Waals surface area contributed by atoms with Gasteiger partial charge in [0.2, 0.25) is 11.1 Å². The molecule has 2 heterocycles. The van der Waals surface area contributed by atoms with Gasteiger partial charge in [0, 0.05) is 21.6 Å². The highest BCUT2D eigenvalue weighted by Gasteiger charge is 2.34. The number of rotatable bonds is 6. The van der Waals surface area contributed by atoms with E-state index in [1.54, 1.807) is 11.8 Å². The first-order valence-corrected chi connectivity index (χ1v) is 13.8. The fourth-order valence-corrected chi connectivity index (χ4v) is 5.75. The number of aryl methyl sites for hydroxylation is 3. The lowest BCUT2D eigenvalue weighted by molar-refractivity contribution is -0.113. The number of carbonyl (C=O) groups excluding carboxylic acids is 1. The Bertz CT molecular complexity index is 1530. The van der Waals surface area contributed by atoms with Gasteiger partial charge >= 0.3 is 0 Å². The number of carbonyl (C=O) groups is 1. The lowest BCUT2D eigenvalue weighted by Gasteiger charge is -2.29. The van der Waals surface area contributed by atoms with Crippen LogP contribution in [0.15, 0.2) is 87.6 Å². The maximum atomic E-state index is 13.8. The fraction of sp³-hybridized carbons (Fsp3) is 0.207. The number of hydrogen-bond donors (Lipinski definition) is 2. The molecule has 6 nitrogen and oxygen atoms in total. The summed E-state index contributed by atoms with van der Waals surface area (Å²) in [5.74, 6) is 1.22. The Hall–Kier alpha value is -3.36. The molecule has 0 spiro atoms. The SMILES string of the molecule is CC1=C(C(=O)Nc2ccc(C)cc2C)[C@@H](c2cccc(Br)c2)n2nc(SCc3cccc(C)c3)nc2N1. The number of hydrogen-bond acceptors (Lipinski definition) is 5. The number of anilines is 2. The summed E-state index contributed by atoms with van der Waals surface area (Å²) in [4.78, 5) is 18.5.